The van der Waals surface area contributed by atoms with Crippen LogP contribution >= 0.6 is 0 Å². The molecule has 0 bridgehead atoms. The minimum atomic E-state index is -3.73. The molecule has 0 saturated heterocycles. The largest absolute Gasteiger partial charge is 0.478 e. The predicted molar refractivity (Wildman–Crippen MR) is 89.0 cm³/mol. The lowest BCUT2D eigenvalue weighted by Gasteiger charge is -2.08. The van der Waals surface area contributed by atoms with Gasteiger partial charge in [-0.05, 0) is 36.2 Å². The van der Waals surface area contributed by atoms with Gasteiger partial charge in [0, 0.05) is 20.6 Å². The molecule has 9 heteroatoms. The third kappa shape index (κ3) is 4.46. The van der Waals surface area contributed by atoms with Gasteiger partial charge in [0.05, 0.1) is 5.56 Å². The molecule has 8 nitrogen and oxygen atoms in total. The van der Waals surface area contributed by atoms with E-state index in [0.29, 0.717) is 6.42 Å². The molecule has 0 aliphatic heterocycles. The molecular weight excluding hydrogens is 348 g/mol. The van der Waals surface area contributed by atoms with Gasteiger partial charge in [0.25, 0.3) is 15.9 Å². The highest BCUT2D eigenvalue weighted by Crippen LogP contribution is 2.16. The van der Waals surface area contributed by atoms with Crippen molar-refractivity contribution >= 4 is 21.9 Å². The monoisotopic (exact) mass is 366 g/mol. The van der Waals surface area contributed by atoms with E-state index in [4.69, 9.17) is 9.52 Å². The van der Waals surface area contributed by atoms with Crippen molar-refractivity contribution in [1.29, 1.82) is 0 Å². The summed E-state index contributed by atoms with van der Waals surface area (Å²) in [6, 6.07) is 8.92. The van der Waals surface area contributed by atoms with Gasteiger partial charge in [-0.3, -0.25) is 4.79 Å². The van der Waals surface area contributed by atoms with Crippen LogP contribution in [0.3, 0.4) is 0 Å². The van der Waals surface area contributed by atoms with Gasteiger partial charge in [0.2, 0.25) is 5.09 Å². The number of furan rings is 1. The lowest BCUT2D eigenvalue weighted by Crippen LogP contribution is -2.25. The van der Waals surface area contributed by atoms with Crippen molar-refractivity contribution in [1.82, 2.24) is 9.62 Å². The maximum atomic E-state index is 12.0. The molecule has 1 aromatic carbocycles. The molecule has 25 heavy (non-hydrogen) atoms. The fourth-order valence-electron chi connectivity index (χ4n) is 2.03. The minimum absolute atomic E-state index is 0.111. The second-order valence-electron chi connectivity index (χ2n) is 5.42. The number of nitrogens with zero attached hydrogens (tertiary/aromatic N) is 1. The zero-order valence-electron chi connectivity index (χ0n) is 13.7. The second-order valence-corrected chi connectivity index (χ2v) is 7.50. The summed E-state index contributed by atoms with van der Waals surface area (Å²) in [5, 5.41) is 11.2. The van der Waals surface area contributed by atoms with E-state index in [0.717, 1.165) is 9.87 Å². The number of sulfonamides is 1. The molecule has 0 aliphatic carbocycles. The van der Waals surface area contributed by atoms with Crippen LogP contribution in [-0.4, -0.2) is 50.3 Å². The van der Waals surface area contributed by atoms with Gasteiger partial charge in [0.1, 0.15) is 0 Å². The van der Waals surface area contributed by atoms with E-state index in [1.54, 1.807) is 12.1 Å². The van der Waals surface area contributed by atoms with Crippen LogP contribution in [-0.2, 0) is 16.4 Å². The maximum Gasteiger partial charge on any atom is 0.335 e. The molecule has 0 unspecified atom stereocenters. The highest BCUT2D eigenvalue weighted by Gasteiger charge is 2.23. The van der Waals surface area contributed by atoms with E-state index in [1.165, 1.54) is 38.4 Å². The van der Waals surface area contributed by atoms with Crippen LogP contribution in [0.2, 0.25) is 0 Å². The number of amides is 1. The highest BCUT2D eigenvalue weighted by atomic mass is 32.2. The Balaban J connectivity index is 1.96. The first-order valence-electron chi connectivity index (χ1n) is 7.34. The van der Waals surface area contributed by atoms with E-state index < -0.39 is 21.9 Å². The first-order chi connectivity index (χ1) is 11.7. The van der Waals surface area contributed by atoms with Gasteiger partial charge in [-0.15, -0.1) is 0 Å². The van der Waals surface area contributed by atoms with Crippen LogP contribution in [0.5, 0.6) is 0 Å². The average Bonchev–Trinajstić information content (AvgIpc) is 3.05. The number of benzene rings is 1. The van der Waals surface area contributed by atoms with Crippen molar-refractivity contribution < 1.29 is 27.5 Å². The van der Waals surface area contributed by atoms with E-state index >= 15 is 0 Å². The summed E-state index contributed by atoms with van der Waals surface area (Å²) in [6.07, 6.45) is 0.427. The van der Waals surface area contributed by atoms with Crippen LogP contribution in [0, 0.1) is 0 Å². The maximum absolute atomic E-state index is 12.0. The molecular formula is C16H18N2O6S. The average molecular weight is 366 g/mol. The Morgan fingerprint density at radius 2 is 1.92 bits per heavy atom. The third-order valence-electron chi connectivity index (χ3n) is 3.41. The summed E-state index contributed by atoms with van der Waals surface area (Å²) in [5.74, 6) is -1.68. The number of hydrogen-bond acceptors (Lipinski definition) is 5. The summed E-state index contributed by atoms with van der Waals surface area (Å²) in [5.41, 5.74) is 0.934. The van der Waals surface area contributed by atoms with Gasteiger partial charge in [-0.25, -0.2) is 17.5 Å². The Labute approximate surface area is 145 Å². The molecule has 0 fully saturated rings. The molecule has 134 valence electrons. The van der Waals surface area contributed by atoms with Crippen LogP contribution < -0.4 is 5.32 Å². The highest BCUT2D eigenvalue weighted by molar-refractivity contribution is 7.88. The van der Waals surface area contributed by atoms with Gasteiger partial charge in [0.15, 0.2) is 5.76 Å². The van der Waals surface area contributed by atoms with Gasteiger partial charge in [-0.1, -0.05) is 12.1 Å². The van der Waals surface area contributed by atoms with Gasteiger partial charge in [-0.2, -0.15) is 0 Å². The Bertz CT molecular complexity index is 886. The topological polar surface area (TPSA) is 117 Å². The second kappa shape index (κ2) is 7.49. The number of rotatable bonds is 7. The lowest BCUT2D eigenvalue weighted by atomic mass is 10.1. The summed E-state index contributed by atoms with van der Waals surface area (Å²) in [4.78, 5) is 22.9. The van der Waals surface area contributed by atoms with Crippen molar-refractivity contribution in [3.8, 4) is 0 Å². The van der Waals surface area contributed by atoms with Crippen LogP contribution in [0.1, 0.15) is 26.5 Å². The van der Waals surface area contributed by atoms with Crippen LogP contribution in [0.15, 0.2) is 45.9 Å². The zero-order valence-corrected chi connectivity index (χ0v) is 14.5. The summed E-state index contributed by atoms with van der Waals surface area (Å²) >= 11 is 0. The predicted octanol–water partition coefficient (Wildman–Crippen LogP) is 1.20. The Hall–Kier alpha value is -2.65. The minimum Gasteiger partial charge on any atom is -0.478 e. The van der Waals surface area contributed by atoms with Gasteiger partial charge < -0.3 is 14.8 Å². The van der Waals surface area contributed by atoms with Crippen molar-refractivity contribution in [2.75, 3.05) is 20.6 Å². The summed E-state index contributed by atoms with van der Waals surface area (Å²) in [6.45, 7) is 0.248. The Kier molecular flexibility index (Phi) is 5.60. The third-order valence-corrected chi connectivity index (χ3v) is 5.10. The van der Waals surface area contributed by atoms with Crippen LogP contribution in [0.4, 0.5) is 0 Å². The Morgan fingerprint density at radius 1 is 1.20 bits per heavy atom. The number of carbonyl (C=O) groups excluding carboxylic acids is 1. The number of aromatic carboxylic acids is 1. The molecule has 0 atom stereocenters. The molecule has 1 amide bonds. The Morgan fingerprint density at radius 3 is 2.56 bits per heavy atom. The molecule has 1 heterocycles. The lowest BCUT2D eigenvalue weighted by molar-refractivity contribution is 0.0696. The molecule has 0 aliphatic rings. The standard InChI is InChI=1S/C16H18N2O6S/c1-18(2)25(22,23)14-7-6-13(24-14)15(19)17-9-8-11-4-3-5-12(10-11)16(20)21/h3-7,10H,8-9H2,1-2H3,(H,17,19)(H,20,21). The molecule has 0 spiro atoms. The smallest absolute Gasteiger partial charge is 0.335 e. The van der Waals surface area contributed by atoms with Crippen molar-refractivity contribution in [3.63, 3.8) is 0 Å². The van der Waals surface area contributed by atoms with E-state index in [1.807, 2.05) is 0 Å². The summed E-state index contributed by atoms with van der Waals surface area (Å²) in [7, 11) is -1.01. The number of carboxylic acid groups (broad SMARTS) is 1. The van der Waals surface area contributed by atoms with Crippen molar-refractivity contribution in [2.45, 2.75) is 11.5 Å². The normalized spacial score (nSPS) is 11.5. The molecule has 1 aromatic heterocycles. The number of carboxylic acids is 1. The fraction of sp³-hybridized carbons (Fsp3) is 0.250. The van der Waals surface area contributed by atoms with E-state index in [-0.39, 0.29) is 23.0 Å². The fourth-order valence-corrected chi connectivity index (χ4v) is 2.82. The quantitative estimate of drug-likeness (QED) is 0.760. The number of hydrogen-bond donors (Lipinski definition) is 2. The molecule has 2 N–H and O–H groups in total. The first-order valence-corrected chi connectivity index (χ1v) is 8.78. The first kappa shape index (κ1) is 18.7. The van der Waals surface area contributed by atoms with E-state index in [9.17, 15) is 18.0 Å². The molecule has 2 aromatic rings. The molecule has 0 saturated carbocycles. The van der Waals surface area contributed by atoms with E-state index in [2.05, 4.69) is 5.32 Å². The summed E-state index contributed by atoms with van der Waals surface area (Å²) < 4.78 is 29.9. The SMILES string of the molecule is CN(C)S(=O)(=O)c1ccc(C(=O)NCCc2cccc(C(=O)O)c2)o1. The number of nitrogens with one attached hydrogen (secondary N) is 1. The molecule has 0 radical (unpaired) electrons. The van der Waals surface area contributed by atoms with Crippen molar-refractivity contribution in [2.24, 2.45) is 0 Å². The molecule has 2 rings (SSSR count). The van der Waals surface area contributed by atoms with Crippen LogP contribution in [0.25, 0.3) is 0 Å². The zero-order chi connectivity index (χ0) is 18.6. The van der Waals surface area contributed by atoms with Crippen molar-refractivity contribution in [3.05, 3.63) is 53.3 Å². The number of carbonyl (C=O) groups is 2. The van der Waals surface area contributed by atoms with Gasteiger partial charge >= 0.3 is 5.97 Å².